The molecule has 0 unspecified atom stereocenters. The number of methoxy groups -OCH3 is 1. The molecule has 1 N–H and O–H groups in total. The summed E-state index contributed by atoms with van der Waals surface area (Å²) in [5, 5.41) is 10.1. The molecule has 0 bridgehead atoms. The number of hydrogen-bond acceptors (Lipinski definition) is 5. The average molecular weight is 281 g/mol. The van der Waals surface area contributed by atoms with Gasteiger partial charge in [0.25, 0.3) is 5.69 Å². The van der Waals surface area contributed by atoms with Crippen LogP contribution in [0.5, 0.6) is 5.75 Å². The van der Waals surface area contributed by atoms with Gasteiger partial charge in [0, 0.05) is 0 Å². The van der Waals surface area contributed by atoms with Crippen LogP contribution in [-0.2, 0) is 10.0 Å². The molecule has 1 aromatic carbocycles. The third kappa shape index (κ3) is 3.46. The van der Waals surface area contributed by atoms with Gasteiger partial charge in [0.1, 0.15) is 16.6 Å². The molecule has 7 nitrogen and oxygen atoms in total. The minimum absolute atomic E-state index is 0.156. The zero-order chi connectivity index (χ0) is 13.1. The molecule has 0 radical (unpaired) electrons. The maximum Gasteiger partial charge on any atom is 0.297 e. The molecule has 0 aliphatic rings. The number of nitrogens with one attached hydrogen (secondary N) is 1. The Hall–Kier alpha value is -1.54. The summed E-state index contributed by atoms with van der Waals surface area (Å²) >= 11 is 5.19. The number of anilines is 1. The normalized spacial score (nSPS) is 10.9. The molecule has 0 spiro atoms. The number of alkyl halides is 1. The summed E-state index contributed by atoms with van der Waals surface area (Å²) in [5.41, 5.74) is -0.561. The fourth-order valence-electron chi connectivity index (χ4n) is 1.07. The number of sulfonamides is 1. The largest absolute Gasteiger partial charge is 0.496 e. The zero-order valence-corrected chi connectivity index (χ0v) is 10.3. The van der Waals surface area contributed by atoms with Gasteiger partial charge in [-0.05, 0) is 12.1 Å². The third-order valence-electron chi connectivity index (χ3n) is 1.81. The minimum Gasteiger partial charge on any atom is -0.496 e. The molecule has 0 saturated heterocycles. The number of nitro groups is 1. The van der Waals surface area contributed by atoms with Gasteiger partial charge in [-0.1, -0.05) is 0 Å². The zero-order valence-electron chi connectivity index (χ0n) is 8.71. The second-order valence-corrected chi connectivity index (χ2v) is 5.27. The molecule has 94 valence electrons. The minimum atomic E-state index is -3.78. The van der Waals surface area contributed by atoms with Gasteiger partial charge in [-0.3, -0.25) is 14.8 Å². The Morgan fingerprint density at radius 1 is 1.53 bits per heavy atom. The molecule has 0 amide bonds. The molecule has 9 heteroatoms. The van der Waals surface area contributed by atoms with E-state index in [-0.39, 0.29) is 11.4 Å². The van der Waals surface area contributed by atoms with Gasteiger partial charge in [0.2, 0.25) is 10.0 Å². The van der Waals surface area contributed by atoms with Crippen molar-refractivity contribution in [1.29, 1.82) is 0 Å². The second-order valence-electron chi connectivity index (χ2n) is 2.97. The Balaban J connectivity index is 3.20. The third-order valence-corrected chi connectivity index (χ3v) is 3.49. The standard InChI is InChI=1S/C8H9ClN2O5S/c1-16-6-2-3-7(8(4-6)11(12)13)10-17(14,15)5-9/h2-4,10H,5H2,1H3. The van der Waals surface area contributed by atoms with E-state index in [4.69, 9.17) is 16.3 Å². The maximum absolute atomic E-state index is 11.2. The molecule has 0 aliphatic carbocycles. The van der Waals surface area contributed by atoms with Crippen molar-refractivity contribution in [2.75, 3.05) is 17.0 Å². The summed E-state index contributed by atoms with van der Waals surface area (Å²) < 4.78 is 29.2. The Morgan fingerprint density at radius 3 is 2.65 bits per heavy atom. The molecule has 1 rings (SSSR count). The Morgan fingerprint density at radius 2 is 2.18 bits per heavy atom. The maximum atomic E-state index is 11.2. The van der Waals surface area contributed by atoms with Gasteiger partial charge < -0.3 is 4.74 Å². The number of benzene rings is 1. The molecule has 0 atom stereocenters. The van der Waals surface area contributed by atoms with Crippen molar-refractivity contribution in [2.45, 2.75) is 0 Å². The first-order valence-corrected chi connectivity index (χ1v) is 6.47. The van der Waals surface area contributed by atoms with Crippen molar-refractivity contribution >= 4 is 33.0 Å². The average Bonchev–Trinajstić information content (AvgIpc) is 2.29. The summed E-state index contributed by atoms with van der Waals surface area (Å²) in [6.45, 7) is 0. The van der Waals surface area contributed by atoms with Crippen LogP contribution >= 0.6 is 11.6 Å². The van der Waals surface area contributed by atoms with Crippen molar-refractivity contribution in [3.8, 4) is 5.75 Å². The monoisotopic (exact) mass is 280 g/mol. The summed E-state index contributed by atoms with van der Waals surface area (Å²) in [5.74, 6) is 0.255. The number of halogens is 1. The smallest absolute Gasteiger partial charge is 0.297 e. The van der Waals surface area contributed by atoms with E-state index in [0.717, 1.165) is 6.07 Å². The van der Waals surface area contributed by atoms with E-state index in [1.165, 1.54) is 19.2 Å². The van der Waals surface area contributed by atoms with E-state index in [1.807, 2.05) is 4.72 Å². The Labute approximate surface area is 103 Å². The second kappa shape index (κ2) is 5.19. The quantitative estimate of drug-likeness (QED) is 0.501. The van der Waals surface area contributed by atoms with E-state index in [1.54, 1.807) is 0 Å². The van der Waals surface area contributed by atoms with E-state index < -0.39 is 25.8 Å². The molecule has 0 heterocycles. The highest BCUT2D eigenvalue weighted by Crippen LogP contribution is 2.29. The fraction of sp³-hybridized carbons (Fsp3) is 0.250. The van der Waals surface area contributed by atoms with Gasteiger partial charge in [0.15, 0.2) is 0 Å². The highest BCUT2D eigenvalue weighted by atomic mass is 35.5. The highest BCUT2D eigenvalue weighted by molar-refractivity contribution is 7.93. The van der Waals surface area contributed by atoms with Crippen molar-refractivity contribution in [2.24, 2.45) is 0 Å². The van der Waals surface area contributed by atoms with Gasteiger partial charge in [-0.25, -0.2) is 8.42 Å². The predicted octanol–water partition coefficient (Wildman–Crippen LogP) is 1.54. The van der Waals surface area contributed by atoms with Crippen LogP contribution in [0.3, 0.4) is 0 Å². The van der Waals surface area contributed by atoms with Crippen LogP contribution < -0.4 is 9.46 Å². The van der Waals surface area contributed by atoms with Crippen LogP contribution in [-0.4, -0.2) is 25.7 Å². The molecular weight excluding hydrogens is 272 g/mol. The molecule has 0 aromatic heterocycles. The molecule has 1 aromatic rings. The topological polar surface area (TPSA) is 98.5 Å². The first-order valence-electron chi connectivity index (χ1n) is 4.28. The fourth-order valence-corrected chi connectivity index (χ4v) is 1.80. The lowest BCUT2D eigenvalue weighted by Crippen LogP contribution is -2.14. The lowest BCUT2D eigenvalue weighted by molar-refractivity contribution is -0.384. The highest BCUT2D eigenvalue weighted by Gasteiger charge is 2.19. The van der Waals surface area contributed by atoms with Crippen molar-refractivity contribution in [3.63, 3.8) is 0 Å². The predicted molar refractivity (Wildman–Crippen MR) is 62.9 cm³/mol. The molecule has 0 aliphatic heterocycles. The van der Waals surface area contributed by atoms with E-state index in [9.17, 15) is 18.5 Å². The van der Waals surface area contributed by atoms with Crippen LogP contribution in [0.15, 0.2) is 18.2 Å². The van der Waals surface area contributed by atoms with Gasteiger partial charge in [-0.2, -0.15) is 0 Å². The Bertz CT molecular complexity index is 531. The first kappa shape index (κ1) is 13.5. The van der Waals surface area contributed by atoms with Crippen LogP contribution in [0.2, 0.25) is 0 Å². The SMILES string of the molecule is COc1ccc(NS(=O)(=O)CCl)c([N+](=O)[O-])c1. The summed E-state index contributed by atoms with van der Waals surface area (Å²) in [6.07, 6.45) is 0. The Kier molecular flexibility index (Phi) is 4.13. The number of hydrogen-bond donors (Lipinski definition) is 1. The molecule has 17 heavy (non-hydrogen) atoms. The first-order chi connectivity index (χ1) is 7.89. The number of rotatable bonds is 5. The molecule has 0 fully saturated rings. The van der Waals surface area contributed by atoms with Crippen molar-refractivity contribution in [1.82, 2.24) is 0 Å². The number of nitro benzene ring substituents is 1. The van der Waals surface area contributed by atoms with Gasteiger partial charge in [0.05, 0.1) is 18.1 Å². The van der Waals surface area contributed by atoms with Crippen molar-refractivity contribution < 1.29 is 18.1 Å². The lowest BCUT2D eigenvalue weighted by atomic mass is 10.2. The number of nitrogens with zero attached hydrogens (tertiary/aromatic N) is 1. The van der Waals surface area contributed by atoms with E-state index >= 15 is 0 Å². The number of ether oxygens (including phenoxy) is 1. The van der Waals surface area contributed by atoms with Gasteiger partial charge in [-0.15, -0.1) is 11.6 Å². The van der Waals surface area contributed by atoms with E-state index in [0.29, 0.717) is 0 Å². The van der Waals surface area contributed by atoms with Crippen LogP contribution in [0, 0.1) is 10.1 Å². The van der Waals surface area contributed by atoms with Crippen LogP contribution in [0.4, 0.5) is 11.4 Å². The molecule has 0 saturated carbocycles. The summed E-state index contributed by atoms with van der Waals surface area (Å²) in [4.78, 5) is 10.0. The van der Waals surface area contributed by atoms with Crippen LogP contribution in [0.1, 0.15) is 0 Å². The van der Waals surface area contributed by atoms with E-state index in [2.05, 4.69) is 0 Å². The van der Waals surface area contributed by atoms with Crippen LogP contribution in [0.25, 0.3) is 0 Å². The van der Waals surface area contributed by atoms with Gasteiger partial charge >= 0.3 is 0 Å². The molecular formula is C8H9ClN2O5S. The lowest BCUT2D eigenvalue weighted by Gasteiger charge is -2.07. The van der Waals surface area contributed by atoms with Crippen molar-refractivity contribution in [3.05, 3.63) is 28.3 Å². The summed E-state index contributed by atoms with van der Waals surface area (Å²) in [6, 6.07) is 3.76. The summed E-state index contributed by atoms with van der Waals surface area (Å²) in [7, 11) is -2.43.